The fraction of sp³-hybridized carbons (Fsp3) is 0.839. The van der Waals surface area contributed by atoms with E-state index in [1.54, 1.807) is 0 Å². The van der Waals surface area contributed by atoms with Crippen LogP contribution >= 0.6 is 0 Å². The van der Waals surface area contributed by atoms with Crippen molar-refractivity contribution in [3.8, 4) is 0 Å². The van der Waals surface area contributed by atoms with Gasteiger partial charge in [-0.3, -0.25) is 4.79 Å². The van der Waals surface area contributed by atoms with E-state index in [4.69, 9.17) is 0 Å². The standard InChI is InChI=1S/C31H48O3/c1-19(2)21-10-15-31(20(3)33)17-16-29(6)22(26(21)31)8-9-24-27(4)13-12-25(34)28(5,18-32)23(27)11-14-30(24,29)7/h21-24,26,32-33H,1,3,8-18H2,2,4-7H3/t21-,22?,23+,24+,26+,27-,28-,29+,30+,31+/m0/s1. The lowest BCUT2D eigenvalue weighted by Gasteiger charge is -2.72. The second kappa shape index (κ2) is 7.46. The second-order valence-electron chi connectivity index (χ2n) is 14.3. The molecule has 0 aromatic rings. The van der Waals surface area contributed by atoms with Gasteiger partial charge < -0.3 is 10.2 Å². The molecule has 5 aliphatic carbocycles. The lowest BCUT2D eigenvalue weighted by Crippen LogP contribution is -2.67. The fourth-order valence-corrected chi connectivity index (χ4v) is 11.5. The summed E-state index contributed by atoms with van der Waals surface area (Å²) < 4.78 is 0. The third-order valence-electron chi connectivity index (χ3n) is 13.5. The molecule has 5 aliphatic rings. The molecule has 2 N–H and O–H groups in total. The van der Waals surface area contributed by atoms with Crippen LogP contribution in [-0.4, -0.2) is 22.6 Å². The maximum Gasteiger partial charge on any atom is 0.141 e. The van der Waals surface area contributed by atoms with Gasteiger partial charge in [-0.15, -0.1) is 0 Å². The fourth-order valence-electron chi connectivity index (χ4n) is 11.5. The van der Waals surface area contributed by atoms with Crippen molar-refractivity contribution in [3.05, 3.63) is 24.5 Å². The van der Waals surface area contributed by atoms with Crippen LogP contribution in [0.15, 0.2) is 24.5 Å². The first kappa shape index (κ1) is 24.6. The highest BCUT2D eigenvalue weighted by atomic mass is 16.3. The number of carbonyl (C=O) groups is 1. The van der Waals surface area contributed by atoms with Crippen LogP contribution in [0.5, 0.6) is 0 Å². The van der Waals surface area contributed by atoms with Crippen molar-refractivity contribution in [2.75, 3.05) is 6.61 Å². The van der Waals surface area contributed by atoms with E-state index in [1.165, 1.54) is 18.4 Å². The number of aliphatic hydroxyl groups is 2. The van der Waals surface area contributed by atoms with Crippen LogP contribution in [0.3, 0.4) is 0 Å². The van der Waals surface area contributed by atoms with E-state index in [2.05, 4.69) is 40.9 Å². The van der Waals surface area contributed by atoms with Crippen LogP contribution in [0.1, 0.15) is 98.8 Å². The first-order valence-corrected chi connectivity index (χ1v) is 14.0. The topological polar surface area (TPSA) is 57.5 Å². The van der Waals surface area contributed by atoms with Gasteiger partial charge in [0.15, 0.2) is 0 Å². The Hall–Kier alpha value is -1.09. The molecule has 0 aromatic carbocycles. The molecular formula is C31H48O3. The van der Waals surface area contributed by atoms with Gasteiger partial charge in [0, 0.05) is 11.8 Å². The lowest BCUT2D eigenvalue weighted by molar-refractivity contribution is -0.236. The van der Waals surface area contributed by atoms with E-state index in [0.29, 0.717) is 35.9 Å². The number of ketones is 1. The predicted octanol–water partition coefficient (Wildman–Crippen LogP) is 7.26. The molecule has 0 amide bonds. The molecule has 3 heteroatoms. The zero-order valence-corrected chi connectivity index (χ0v) is 22.4. The van der Waals surface area contributed by atoms with Gasteiger partial charge in [-0.05, 0) is 111 Å². The molecule has 0 bridgehead atoms. The van der Waals surface area contributed by atoms with Gasteiger partial charge in [-0.25, -0.2) is 0 Å². The molecule has 0 aromatic heterocycles. The van der Waals surface area contributed by atoms with Crippen molar-refractivity contribution in [1.82, 2.24) is 0 Å². The van der Waals surface area contributed by atoms with Crippen molar-refractivity contribution >= 4 is 5.78 Å². The molecular weight excluding hydrogens is 420 g/mol. The number of fused-ring (bicyclic) bond motifs is 7. The normalized spacial score (nSPS) is 54.4. The monoisotopic (exact) mass is 468 g/mol. The number of rotatable bonds is 3. The zero-order chi connectivity index (χ0) is 24.9. The van der Waals surface area contributed by atoms with E-state index in [1.807, 2.05) is 6.92 Å². The summed E-state index contributed by atoms with van der Waals surface area (Å²) in [6.07, 6.45) is 10.6. The molecule has 5 rings (SSSR count). The highest BCUT2D eigenvalue weighted by molar-refractivity contribution is 5.86. The quantitative estimate of drug-likeness (QED) is 0.338. The molecule has 3 nitrogen and oxygen atoms in total. The zero-order valence-electron chi connectivity index (χ0n) is 22.4. The molecule has 1 unspecified atom stereocenters. The molecule has 190 valence electrons. The Morgan fingerprint density at radius 2 is 1.62 bits per heavy atom. The van der Waals surface area contributed by atoms with Crippen LogP contribution < -0.4 is 0 Å². The van der Waals surface area contributed by atoms with Crippen LogP contribution in [0.2, 0.25) is 0 Å². The number of Topliss-reactive ketones (excluding diaryl/α,β-unsaturated/α-hetero) is 1. The summed E-state index contributed by atoms with van der Waals surface area (Å²) in [6.45, 7) is 20.4. The maximum atomic E-state index is 13.0. The lowest BCUT2D eigenvalue weighted by atomic mass is 9.32. The summed E-state index contributed by atoms with van der Waals surface area (Å²) in [5, 5.41) is 21.3. The summed E-state index contributed by atoms with van der Waals surface area (Å²) in [5.74, 6) is 3.05. The molecule has 0 radical (unpaired) electrons. The smallest absolute Gasteiger partial charge is 0.141 e. The van der Waals surface area contributed by atoms with Gasteiger partial charge in [0.25, 0.3) is 0 Å². The summed E-state index contributed by atoms with van der Waals surface area (Å²) >= 11 is 0. The van der Waals surface area contributed by atoms with Gasteiger partial charge in [0.1, 0.15) is 5.78 Å². The van der Waals surface area contributed by atoms with Crippen molar-refractivity contribution in [3.63, 3.8) is 0 Å². The van der Waals surface area contributed by atoms with Crippen molar-refractivity contribution in [1.29, 1.82) is 0 Å². The SMILES string of the molecule is C=C(C)[C@@H]1CC[C@]2(C(=C)O)CC[C@]3(C)C(CC[C@@H]4[C@@]5(C)CCC(=O)[C@@](C)(CO)[C@@H]5CC[C@]43C)[C@@H]12. The molecule has 34 heavy (non-hydrogen) atoms. The molecule has 0 heterocycles. The Morgan fingerprint density at radius 3 is 2.24 bits per heavy atom. The molecule has 5 saturated carbocycles. The molecule has 0 aliphatic heterocycles. The summed E-state index contributed by atoms with van der Waals surface area (Å²) in [4.78, 5) is 13.0. The van der Waals surface area contributed by atoms with Crippen LogP contribution in [0.25, 0.3) is 0 Å². The first-order chi connectivity index (χ1) is 15.8. The van der Waals surface area contributed by atoms with Crippen molar-refractivity contribution in [2.24, 2.45) is 56.7 Å². The highest BCUT2D eigenvalue weighted by Gasteiger charge is 2.71. The van der Waals surface area contributed by atoms with Crippen molar-refractivity contribution in [2.45, 2.75) is 98.8 Å². The average Bonchev–Trinajstić information content (AvgIpc) is 3.18. The maximum absolute atomic E-state index is 13.0. The summed E-state index contributed by atoms with van der Waals surface area (Å²) in [7, 11) is 0. The molecule has 0 saturated heterocycles. The Kier molecular flexibility index (Phi) is 5.40. The first-order valence-electron chi connectivity index (χ1n) is 14.0. The highest BCUT2D eigenvalue weighted by Crippen LogP contribution is 2.77. The van der Waals surface area contributed by atoms with E-state index in [-0.39, 0.29) is 40.0 Å². The number of carbonyl (C=O) groups excluding carboxylic acids is 1. The van der Waals surface area contributed by atoms with E-state index in [0.717, 1.165) is 44.9 Å². The third-order valence-corrected chi connectivity index (χ3v) is 13.5. The molecule has 0 spiro atoms. The summed E-state index contributed by atoms with van der Waals surface area (Å²) in [6, 6.07) is 0. The van der Waals surface area contributed by atoms with Crippen LogP contribution in [-0.2, 0) is 4.79 Å². The van der Waals surface area contributed by atoms with Crippen LogP contribution in [0.4, 0.5) is 0 Å². The molecule has 5 fully saturated rings. The minimum Gasteiger partial charge on any atom is -0.512 e. The number of aliphatic hydroxyl groups excluding tert-OH is 2. The van der Waals surface area contributed by atoms with Gasteiger partial charge in [-0.1, -0.05) is 46.4 Å². The van der Waals surface area contributed by atoms with E-state index < -0.39 is 5.41 Å². The number of hydrogen-bond acceptors (Lipinski definition) is 3. The predicted molar refractivity (Wildman–Crippen MR) is 137 cm³/mol. The Morgan fingerprint density at radius 1 is 0.912 bits per heavy atom. The second-order valence-corrected chi connectivity index (χ2v) is 14.3. The van der Waals surface area contributed by atoms with E-state index >= 15 is 0 Å². The van der Waals surface area contributed by atoms with Gasteiger partial charge in [-0.2, -0.15) is 0 Å². The van der Waals surface area contributed by atoms with Gasteiger partial charge in [0.05, 0.1) is 17.8 Å². The largest absolute Gasteiger partial charge is 0.512 e. The van der Waals surface area contributed by atoms with Crippen LogP contribution in [0, 0.1) is 56.7 Å². The Bertz CT molecular complexity index is 922. The average molecular weight is 469 g/mol. The molecule has 10 atom stereocenters. The Balaban J connectivity index is 1.57. The summed E-state index contributed by atoms with van der Waals surface area (Å²) in [5.41, 5.74) is 1.09. The third kappa shape index (κ3) is 2.72. The minimum absolute atomic E-state index is 0.0150. The van der Waals surface area contributed by atoms with Gasteiger partial charge >= 0.3 is 0 Å². The minimum atomic E-state index is -0.584. The van der Waals surface area contributed by atoms with Crippen molar-refractivity contribution < 1.29 is 15.0 Å². The Labute approximate surface area is 207 Å². The number of hydrogen-bond donors (Lipinski definition) is 2. The van der Waals surface area contributed by atoms with E-state index in [9.17, 15) is 15.0 Å². The number of allylic oxidation sites excluding steroid dienone is 2. The van der Waals surface area contributed by atoms with Gasteiger partial charge in [0.2, 0.25) is 0 Å².